The first-order valence-corrected chi connectivity index (χ1v) is 4.57. The molecule has 0 radical (unpaired) electrons. The van der Waals surface area contributed by atoms with E-state index < -0.39 is 0 Å². The summed E-state index contributed by atoms with van der Waals surface area (Å²) in [6.07, 6.45) is 3.30. The Hall–Kier alpha value is -0.0800. The lowest BCUT2D eigenvalue weighted by Gasteiger charge is -2.18. The molecule has 0 fully saturated rings. The lowest BCUT2D eigenvalue weighted by atomic mass is 10.1. The summed E-state index contributed by atoms with van der Waals surface area (Å²) in [5.41, 5.74) is 0. The van der Waals surface area contributed by atoms with Gasteiger partial charge in [0.1, 0.15) is 0 Å². The Morgan fingerprint density at radius 2 is 1.73 bits per heavy atom. The summed E-state index contributed by atoms with van der Waals surface area (Å²) < 4.78 is 0. The van der Waals surface area contributed by atoms with Crippen molar-refractivity contribution >= 4 is 0 Å². The minimum atomic E-state index is 0.285. The van der Waals surface area contributed by atoms with Gasteiger partial charge in [0.2, 0.25) is 0 Å². The van der Waals surface area contributed by atoms with Gasteiger partial charge in [0.05, 0.1) is 0 Å². The van der Waals surface area contributed by atoms with E-state index in [1.165, 1.54) is 12.8 Å². The topological polar surface area (TPSA) is 32.3 Å². The number of aliphatic hydroxyl groups is 1. The molecular weight excluding hydrogens is 138 g/mol. The number of hydrogen-bond donors (Lipinski definition) is 2. The average molecular weight is 159 g/mol. The molecule has 0 saturated heterocycles. The van der Waals surface area contributed by atoms with Crippen molar-refractivity contribution in [1.29, 1.82) is 0 Å². The van der Waals surface area contributed by atoms with Crippen molar-refractivity contribution in [3.8, 4) is 0 Å². The summed E-state index contributed by atoms with van der Waals surface area (Å²) in [6.45, 7) is 6.78. The second-order valence-corrected chi connectivity index (χ2v) is 3.27. The minimum Gasteiger partial charge on any atom is -0.396 e. The zero-order chi connectivity index (χ0) is 8.69. The fraction of sp³-hybridized carbons (Fsp3) is 1.00. The maximum atomic E-state index is 8.64. The van der Waals surface area contributed by atoms with Crippen LogP contribution in [0.15, 0.2) is 0 Å². The molecule has 2 atom stereocenters. The molecule has 2 heteroatoms. The van der Waals surface area contributed by atoms with Crippen LogP contribution < -0.4 is 5.32 Å². The Morgan fingerprint density at radius 3 is 2.18 bits per heavy atom. The molecule has 0 aliphatic carbocycles. The van der Waals surface area contributed by atoms with Gasteiger partial charge in [-0.15, -0.1) is 0 Å². The SMILES string of the molecule is CCCC(C)NC(C)CCO. The largest absolute Gasteiger partial charge is 0.396 e. The molecule has 68 valence electrons. The zero-order valence-electron chi connectivity index (χ0n) is 7.93. The van der Waals surface area contributed by atoms with Gasteiger partial charge in [0.15, 0.2) is 0 Å². The Labute approximate surface area is 70.0 Å². The van der Waals surface area contributed by atoms with E-state index in [1.54, 1.807) is 0 Å². The van der Waals surface area contributed by atoms with E-state index in [0.717, 1.165) is 6.42 Å². The third-order valence-electron chi connectivity index (χ3n) is 1.85. The zero-order valence-corrected chi connectivity index (χ0v) is 7.93. The van der Waals surface area contributed by atoms with Crippen LogP contribution >= 0.6 is 0 Å². The standard InChI is InChI=1S/C9H21NO/c1-4-5-8(2)10-9(3)6-7-11/h8-11H,4-7H2,1-3H3. The predicted octanol–water partition coefficient (Wildman–Crippen LogP) is 1.54. The van der Waals surface area contributed by atoms with Crippen LogP contribution in [0.3, 0.4) is 0 Å². The Morgan fingerprint density at radius 1 is 1.18 bits per heavy atom. The second kappa shape index (κ2) is 6.62. The normalized spacial score (nSPS) is 16.4. The molecule has 2 nitrogen and oxygen atoms in total. The van der Waals surface area contributed by atoms with Crippen LogP contribution in [0.25, 0.3) is 0 Å². The molecule has 0 rings (SSSR count). The maximum Gasteiger partial charge on any atom is 0.0445 e. The first-order chi connectivity index (χ1) is 5.20. The molecule has 0 aliphatic rings. The smallest absolute Gasteiger partial charge is 0.0445 e. The van der Waals surface area contributed by atoms with Gasteiger partial charge >= 0.3 is 0 Å². The fourth-order valence-corrected chi connectivity index (χ4v) is 1.28. The average Bonchev–Trinajstić information content (AvgIpc) is 1.87. The van der Waals surface area contributed by atoms with Crippen LogP contribution in [-0.4, -0.2) is 23.8 Å². The van der Waals surface area contributed by atoms with E-state index in [9.17, 15) is 0 Å². The minimum absolute atomic E-state index is 0.285. The van der Waals surface area contributed by atoms with Crippen molar-refractivity contribution in [1.82, 2.24) is 5.32 Å². The molecule has 0 aromatic carbocycles. The molecule has 2 N–H and O–H groups in total. The first kappa shape index (κ1) is 10.9. The van der Waals surface area contributed by atoms with Crippen LogP contribution in [0.2, 0.25) is 0 Å². The Bertz CT molecular complexity index is 75.6. The lowest BCUT2D eigenvalue weighted by Crippen LogP contribution is -2.34. The van der Waals surface area contributed by atoms with Gasteiger partial charge < -0.3 is 10.4 Å². The molecule has 0 aliphatic heterocycles. The summed E-state index contributed by atoms with van der Waals surface area (Å²) in [4.78, 5) is 0. The molecule has 0 saturated carbocycles. The summed E-state index contributed by atoms with van der Waals surface area (Å²) in [5, 5.41) is 12.1. The molecule has 0 bridgehead atoms. The van der Waals surface area contributed by atoms with E-state index >= 15 is 0 Å². The molecule has 0 spiro atoms. The van der Waals surface area contributed by atoms with Crippen molar-refractivity contribution in [3.05, 3.63) is 0 Å². The Balaban J connectivity index is 3.32. The van der Waals surface area contributed by atoms with E-state index in [1.807, 2.05) is 0 Å². The highest BCUT2D eigenvalue weighted by Crippen LogP contribution is 1.98. The molecule has 0 heterocycles. The summed E-state index contributed by atoms with van der Waals surface area (Å²) in [7, 11) is 0. The lowest BCUT2D eigenvalue weighted by molar-refractivity contribution is 0.263. The number of rotatable bonds is 6. The molecule has 0 amide bonds. The second-order valence-electron chi connectivity index (χ2n) is 3.27. The van der Waals surface area contributed by atoms with Gasteiger partial charge in [0, 0.05) is 18.7 Å². The molecular formula is C9H21NO. The van der Waals surface area contributed by atoms with E-state index in [4.69, 9.17) is 5.11 Å². The van der Waals surface area contributed by atoms with Crippen molar-refractivity contribution < 1.29 is 5.11 Å². The highest BCUT2D eigenvalue weighted by Gasteiger charge is 2.04. The molecule has 0 aromatic rings. The van der Waals surface area contributed by atoms with Crippen molar-refractivity contribution in [3.63, 3.8) is 0 Å². The van der Waals surface area contributed by atoms with Crippen molar-refractivity contribution in [2.45, 2.75) is 52.1 Å². The molecule has 2 unspecified atom stereocenters. The van der Waals surface area contributed by atoms with Gasteiger partial charge in [-0.2, -0.15) is 0 Å². The fourth-order valence-electron chi connectivity index (χ4n) is 1.28. The van der Waals surface area contributed by atoms with Gasteiger partial charge in [-0.3, -0.25) is 0 Å². The van der Waals surface area contributed by atoms with Gasteiger partial charge in [0.25, 0.3) is 0 Å². The number of nitrogens with one attached hydrogen (secondary N) is 1. The van der Waals surface area contributed by atoms with Crippen LogP contribution in [0, 0.1) is 0 Å². The van der Waals surface area contributed by atoms with Crippen LogP contribution in [0.1, 0.15) is 40.0 Å². The van der Waals surface area contributed by atoms with E-state index in [-0.39, 0.29) is 6.61 Å². The third-order valence-corrected chi connectivity index (χ3v) is 1.85. The van der Waals surface area contributed by atoms with E-state index in [2.05, 4.69) is 26.1 Å². The maximum absolute atomic E-state index is 8.64. The highest BCUT2D eigenvalue weighted by molar-refractivity contribution is 4.66. The van der Waals surface area contributed by atoms with Crippen molar-refractivity contribution in [2.24, 2.45) is 0 Å². The van der Waals surface area contributed by atoms with Gasteiger partial charge in [-0.05, 0) is 26.7 Å². The van der Waals surface area contributed by atoms with Crippen LogP contribution in [0.4, 0.5) is 0 Å². The number of aliphatic hydroxyl groups excluding tert-OH is 1. The Kier molecular flexibility index (Phi) is 6.57. The van der Waals surface area contributed by atoms with Gasteiger partial charge in [-0.25, -0.2) is 0 Å². The van der Waals surface area contributed by atoms with Crippen molar-refractivity contribution in [2.75, 3.05) is 6.61 Å². The van der Waals surface area contributed by atoms with Crippen LogP contribution in [-0.2, 0) is 0 Å². The first-order valence-electron chi connectivity index (χ1n) is 4.57. The summed E-state index contributed by atoms with van der Waals surface area (Å²) >= 11 is 0. The predicted molar refractivity (Wildman–Crippen MR) is 48.7 cm³/mol. The number of hydrogen-bond acceptors (Lipinski definition) is 2. The van der Waals surface area contributed by atoms with E-state index in [0.29, 0.717) is 12.1 Å². The quantitative estimate of drug-likeness (QED) is 0.616. The van der Waals surface area contributed by atoms with Gasteiger partial charge in [-0.1, -0.05) is 13.3 Å². The summed E-state index contributed by atoms with van der Waals surface area (Å²) in [6, 6.07) is 1.03. The monoisotopic (exact) mass is 159 g/mol. The third kappa shape index (κ3) is 6.32. The summed E-state index contributed by atoms with van der Waals surface area (Å²) in [5.74, 6) is 0. The van der Waals surface area contributed by atoms with Crippen LogP contribution in [0.5, 0.6) is 0 Å². The highest BCUT2D eigenvalue weighted by atomic mass is 16.3. The molecule has 11 heavy (non-hydrogen) atoms. The molecule has 0 aromatic heterocycles.